The number of aliphatic carboxylic acids is 1. The normalized spacial score (nSPS) is 20.9. The number of sulfonamides is 1. The Bertz CT molecular complexity index is 713. The number of ether oxygens (including phenoxy) is 1. The Morgan fingerprint density at radius 1 is 1.25 bits per heavy atom. The van der Waals surface area contributed by atoms with Gasteiger partial charge in [0.25, 0.3) is 10.0 Å². The number of rotatable bonds is 7. The second kappa shape index (κ2) is 7.21. The van der Waals surface area contributed by atoms with E-state index in [1.54, 1.807) is 19.1 Å². The van der Waals surface area contributed by atoms with E-state index in [1.165, 1.54) is 12.1 Å². The van der Waals surface area contributed by atoms with Gasteiger partial charge in [-0.05, 0) is 31.9 Å². The molecule has 1 saturated heterocycles. The number of carbonyl (C=O) groups is 2. The van der Waals surface area contributed by atoms with E-state index in [9.17, 15) is 23.1 Å². The molecule has 8 heteroatoms. The zero-order chi connectivity index (χ0) is 17.9. The van der Waals surface area contributed by atoms with E-state index >= 15 is 0 Å². The molecule has 1 aromatic rings. The first-order valence-electron chi connectivity index (χ1n) is 7.83. The van der Waals surface area contributed by atoms with Gasteiger partial charge in [0.05, 0.1) is 4.90 Å². The Kier molecular flexibility index (Phi) is 5.48. The molecule has 1 fully saturated rings. The first-order chi connectivity index (χ1) is 11.3. The van der Waals surface area contributed by atoms with E-state index in [2.05, 4.69) is 0 Å². The van der Waals surface area contributed by atoms with Gasteiger partial charge in [-0.2, -0.15) is 4.31 Å². The first kappa shape index (κ1) is 18.3. The van der Waals surface area contributed by atoms with Crippen molar-refractivity contribution < 1.29 is 27.9 Å². The Morgan fingerprint density at radius 2 is 1.88 bits per heavy atom. The number of unbranched alkanes of at least 4 members (excludes halogenated alkanes) is 2. The molecule has 0 bridgehead atoms. The van der Waals surface area contributed by atoms with Crippen LogP contribution in [0.3, 0.4) is 0 Å². The standard InChI is InChI=1S/C16H21NO6S/c1-3-4-5-6-13-14(15(18)19)17(16(20)23-13)24(21,22)12-9-7-11(2)8-10-12/h7-10,13-14H,3-6H2,1-2H3,(H,18,19)/t13-,14+/m1/s1. The molecule has 132 valence electrons. The predicted octanol–water partition coefficient (Wildman–Crippen LogP) is 2.54. The average Bonchev–Trinajstić information content (AvgIpc) is 2.85. The third kappa shape index (κ3) is 3.53. The number of cyclic esters (lactones) is 1. The van der Waals surface area contributed by atoms with Crippen LogP contribution in [0.2, 0.25) is 0 Å². The molecule has 0 radical (unpaired) electrons. The Hall–Kier alpha value is -2.09. The summed E-state index contributed by atoms with van der Waals surface area (Å²) in [6.07, 6.45) is 0.647. The van der Waals surface area contributed by atoms with Crippen LogP contribution in [0.1, 0.15) is 38.2 Å². The highest BCUT2D eigenvalue weighted by Gasteiger charge is 2.52. The Morgan fingerprint density at radius 3 is 2.42 bits per heavy atom. The molecule has 1 heterocycles. The van der Waals surface area contributed by atoms with E-state index in [-0.39, 0.29) is 4.90 Å². The van der Waals surface area contributed by atoms with Crippen LogP contribution in [0.4, 0.5) is 4.79 Å². The fraction of sp³-hybridized carbons (Fsp3) is 0.500. The fourth-order valence-electron chi connectivity index (χ4n) is 2.65. The number of carboxylic acid groups (broad SMARTS) is 1. The SMILES string of the molecule is CCCCC[C@H]1OC(=O)N(S(=O)(=O)c2ccc(C)cc2)[C@@H]1C(=O)O. The lowest BCUT2D eigenvalue weighted by atomic mass is 10.1. The minimum atomic E-state index is -4.28. The average molecular weight is 355 g/mol. The van der Waals surface area contributed by atoms with Gasteiger partial charge in [0.2, 0.25) is 0 Å². The Balaban J connectivity index is 2.34. The molecule has 0 aliphatic carbocycles. The van der Waals surface area contributed by atoms with Crippen LogP contribution in [0, 0.1) is 6.92 Å². The molecule has 1 aromatic carbocycles. The minimum Gasteiger partial charge on any atom is -0.480 e. The third-order valence-corrected chi connectivity index (χ3v) is 5.72. The summed E-state index contributed by atoms with van der Waals surface area (Å²) in [6.45, 7) is 3.79. The number of benzene rings is 1. The van der Waals surface area contributed by atoms with Crippen LogP contribution in [0.15, 0.2) is 29.2 Å². The molecular formula is C16H21NO6S. The number of aryl methyl sites for hydroxylation is 1. The molecular weight excluding hydrogens is 334 g/mol. The second-order valence-electron chi connectivity index (χ2n) is 5.81. The number of carboxylic acids is 1. The second-order valence-corrected chi connectivity index (χ2v) is 7.63. The smallest absolute Gasteiger partial charge is 0.425 e. The molecule has 0 unspecified atom stereocenters. The maximum absolute atomic E-state index is 12.7. The van der Waals surface area contributed by atoms with E-state index in [0.717, 1.165) is 18.4 Å². The van der Waals surface area contributed by atoms with Gasteiger partial charge in [0.1, 0.15) is 6.10 Å². The molecule has 1 aliphatic heterocycles. The topological polar surface area (TPSA) is 101 Å². The predicted molar refractivity (Wildman–Crippen MR) is 86.0 cm³/mol. The van der Waals surface area contributed by atoms with E-state index in [1.807, 2.05) is 6.92 Å². The quantitative estimate of drug-likeness (QED) is 0.754. The van der Waals surface area contributed by atoms with Crippen LogP contribution < -0.4 is 0 Å². The van der Waals surface area contributed by atoms with Gasteiger partial charge >= 0.3 is 12.1 Å². The molecule has 2 atom stereocenters. The monoisotopic (exact) mass is 355 g/mol. The number of nitrogens with zero attached hydrogens (tertiary/aromatic N) is 1. The molecule has 7 nitrogen and oxygen atoms in total. The molecule has 1 aliphatic rings. The van der Waals surface area contributed by atoms with Crippen molar-refractivity contribution in [3.63, 3.8) is 0 Å². The van der Waals surface area contributed by atoms with Crippen LogP contribution in [-0.4, -0.2) is 42.0 Å². The lowest BCUT2D eigenvalue weighted by Gasteiger charge is -2.20. The molecule has 1 N–H and O–H groups in total. The van der Waals surface area contributed by atoms with Gasteiger partial charge in [0.15, 0.2) is 6.04 Å². The van der Waals surface area contributed by atoms with Gasteiger partial charge in [-0.15, -0.1) is 0 Å². The maximum Gasteiger partial charge on any atom is 0.425 e. The number of hydrogen-bond donors (Lipinski definition) is 1. The van der Waals surface area contributed by atoms with Gasteiger partial charge in [-0.1, -0.05) is 37.5 Å². The lowest BCUT2D eigenvalue weighted by Crippen LogP contribution is -2.46. The van der Waals surface area contributed by atoms with Crippen LogP contribution in [0.5, 0.6) is 0 Å². The summed E-state index contributed by atoms with van der Waals surface area (Å²) in [4.78, 5) is 23.5. The van der Waals surface area contributed by atoms with Crippen molar-refractivity contribution >= 4 is 22.1 Å². The summed E-state index contributed by atoms with van der Waals surface area (Å²) < 4.78 is 30.8. The van der Waals surface area contributed by atoms with Crippen molar-refractivity contribution in [2.24, 2.45) is 0 Å². The van der Waals surface area contributed by atoms with E-state index in [0.29, 0.717) is 17.1 Å². The zero-order valence-corrected chi connectivity index (χ0v) is 14.5. The van der Waals surface area contributed by atoms with E-state index < -0.39 is 34.2 Å². The third-order valence-electron chi connectivity index (χ3n) is 3.96. The number of carbonyl (C=O) groups excluding carboxylic acids is 1. The molecule has 0 aromatic heterocycles. The number of hydrogen-bond acceptors (Lipinski definition) is 5. The minimum absolute atomic E-state index is 0.134. The van der Waals surface area contributed by atoms with Crippen molar-refractivity contribution in [1.29, 1.82) is 0 Å². The highest BCUT2D eigenvalue weighted by atomic mass is 32.2. The van der Waals surface area contributed by atoms with Crippen molar-refractivity contribution in [2.45, 2.75) is 56.6 Å². The summed E-state index contributed by atoms with van der Waals surface area (Å²) in [7, 11) is -4.28. The number of amides is 1. The Labute approximate surface area is 141 Å². The van der Waals surface area contributed by atoms with Crippen molar-refractivity contribution in [2.75, 3.05) is 0 Å². The van der Waals surface area contributed by atoms with Crippen molar-refractivity contribution in [3.8, 4) is 0 Å². The lowest BCUT2D eigenvalue weighted by molar-refractivity contribution is -0.141. The van der Waals surface area contributed by atoms with Gasteiger partial charge in [-0.3, -0.25) is 0 Å². The van der Waals surface area contributed by atoms with Gasteiger partial charge < -0.3 is 9.84 Å². The maximum atomic E-state index is 12.7. The first-order valence-corrected chi connectivity index (χ1v) is 9.27. The molecule has 2 rings (SSSR count). The summed E-state index contributed by atoms with van der Waals surface area (Å²) in [6, 6.07) is 4.33. The van der Waals surface area contributed by atoms with E-state index in [4.69, 9.17) is 4.74 Å². The van der Waals surface area contributed by atoms with Gasteiger partial charge in [0, 0.05) is 0 Å². The summed E-state index contributed by atoms with van der Waals surface area (Å²) in [5, 5.41) is 9.44. The highest BCUT2D eigenvalue weighted by Crippen LogP contribution is 2.30. The summed E-state index contributed by atoms with van der Waals surface area (Å²) >= 11 is 0. The van der Waals surface area contributed by atoms with Crippen molar-refractivity contribution in [1.82, 2.24) is 4.31 Å². The fourth-order valence-corrected chi connectivity index (χ4v) is 4.12. The molecule has 0 spiro atoms. The van der Waals surface area contributed by atoms with Gasteiger partial charge in [-0.25, -0.2) is 18.0 Å². The zero-order valence-electron chi connectivity index (χ0n) is 13.6. The summed E-state index contributed by atoms with van der Waals surface area (Å²) in [5.74, 6) is -1.39. The molecule has 1 amide bonds. The summed E-state index contributed by atoms with van der Waals surface area (Å²) in [5.41, 5.74) is 0.852. The molecule has 0 saturated carbocycles. The van der Waals surface area contributed by atoms with Crippen molar-refractivity contribution in [3.05, 3.63) is 29.8 Å². The van der Waals surface area contributed by atoms with Crippen LogP contribution in [0.25, 0.3) is 0 Å². The highest BCUT2D eigenvalue weighted by molar-refractivity contribution is 7.89. The largest absolute Gasteiger partial charge is 0.480 e. The van der Waals surface area contributed by atoms with Crippen LogP contribution in [-0.2, 0) is 19.6 Å². The molecule has 24 heavy (non-hydrogen) atoms. The van der Waals surface area contributed by atoms with Crippen LogP contribution >= 0.6 is 0 Å².